The van der Waals surface area contributed by atoms with Gasteiger partial charge in [-0.2, -0.15) is 0 Å². The maximum Gasteiger partial charge on any atom is 0.0646 e. The fourth-order valence-electron chi connectivity index (χ4n) is 1.14. The molecule has 0 bridgehead atoms. The molecule has 0 aliphatic heterocycles. The summed E-state index contributed by atoms with van der Waals surface area (Å²) in [6.45, 7) is 0. The molecule has 2 aromatic rings. The van der Waals surface area contributed by atoms with Crippen LogP contribution < -0.4 is 0 Å². The molecule has 3 nitrogen and oxygen atoms in total. The third-order valence-corrected chi connectivity index (χ3v) is 2.72. The summed E-state index contributed by atoms with van der Waals surface area (Å²) in [6.07, 6.45) is 5.53. The highest BCUT2D eigenvalue weighted by molar-refractivity contribution is 7.12. The van der Waals surface area contributed by atoms with Crippen molar-refractivity contribution in [1.82, 2.24) is 9.97 Å². The maximum atomic E-state index is 7.83. The van der Waals surface area contributed by atoms with Crippen LogP contribution in [0.15, 0.2) is 36.1 Å². The molecule has 4 heteroatoms. The van der Waals surface area contributed by atoms with Gasteiger partial charge in [-0.15, -0.1) is 11.3 Å². The van der Waals surface area contributed by atoms with Crippen molar-refractivity contribution in [1.29, 1.82) is 5.41 Å². The van der Waals surface area contributed by atoms with Gasteiger partial charge in [-0.05, 0) is 11.4 Å². The Hall–Kier alpha value is -1.55. The van der Waals surface area contributed by atoms with Crippen molar-refractivity contribution in [3.63, 3.8) is 0 Å². The van der Waals surface area contributed by atoms with Crippen molar-refractivity contribution in [2.45, 2.75) is 6.42 Å². The lowest BCUT2D eigenvalue weighted by atomic mass is 10.2. The first-order valence-corrected chi connectivity index (χ1v) is 5.10. The van der Waals surface area contributed by atoms with Crippen LogP contribution >= 0.6 is 11.3 Å². The van der Waals surface area contributed by atoms with Crippen molar-refractivity contribution in [2.75, 3.05) is 0 Å². The summed E-state index contributed by atoms with van der Waals surface area (Å²) < 4.78 is 0. The zero-order valence-corrected chi connectivity index (χ0v) is 8.29. The van der Waals surface area contributed by atoms with E-state index < -0.39 is 0 Å². The van der Waals surface area contributed by atoms with E-state index in [0.29, 0.717) is 12.1 Å². The topological polar surface area (TPSA) is 49.6 Å². The normalized spacial score (nSPS) is 10.0. The molecule has 0 radical (unpaired) electrons. The van der Waals surface area contributed by atoms with Gasteiger partial charge in [0, 0.05) is 29.9 Å². The summed E-state index contributed by atoms with van der Waals surface area (Å²) in [4.78, 5) is 9.09. The summed E-state index contributed by atoms with van der Waals surface area (Å²) in [5.74, 6) is 0. The highest BCUT2D eigenvalue weighted by Gasteiger charge is 2.04. The van der Waals surface area contributed by atoms with Gasteiger partial charge in [0.25, 0.3) is 0 Å². The van der Waals surface area contributed by atoms with E-state index in [-0.39, 0.29) is 0 Å². The molecule has 0 spiro atoms. The predicted molar refractivity (Wildman–Crippen MR) is 56.9 cm³/mol. The third-order valence-electron chi connectivity index (χ3n) is 1.79. The lowest BCUT2D eigenvalue weighted by Crippen LogP contribution is -2.03. The van der Waals surface area contributed by atoms with E-state index in [0.717, 1.165) is 10.6 Å². The van der Waals surface area contributed by atoms with Crippen molar-refractivity contribution < 1.29 is 0 Å². The zero-order valence-electron chi connectivity index (χ0n) is 7.47. The Balaban J connectivity index is 2.10. The van der Waals surface area contributed by atoms with Gasteiger partial charge in [0.1, 0.15) is 0 Å². The number of rotatable bonds is 3. The molecule has 0 saturated heterocycles. The van der Waals surface area contributed by atoms with Gasteiger partial charge < -0.3 is 5.41 Å². The largest absolute Gasteiger partial charge is 0.303 e. The lowest BCUT2D eigenvalue weighted by Gasteiger charge is -1.99. The molecule has 14 heavy (non-hydrogen) atoms. The minimum absolute atomic E-state index is 0.550. The van der Waals surface area contributed by atoms with Crippen LogP contribution in [0.25, 0.3) is 0 Å². The molecule has 0 aromatic carbocycles. The van der Waals surface area contributed by atoms with E-state index in [1.54, 1.807) is 29.9 Å². The van der Waals surface area contributed by atoms with Gasteiger partial charge in [-0.25, -0.2) is 0 Å². The first-order chi connectivity index (χ1) is 6.86. The summed E-state index contributed by atoms with van der Waals surface area (Å²) in [6, 6.07) is 3.90. The van der Waals surface area contributed by atoms with Crippen LogP contribution in [0.2, 0.25) is 0 Å². The summed E-state index contributed by atoms with van der Waals surface area (Å²) >= 11 is 1.58. The molecule has 1 N–H and O–H groups in total. The van der Waals surface area contributed by atoms with Crippen LogP contribution in [0.3, 0.4) is 0 Å². The average molecular weight is 203 g/mol. The van der Waals surface area contributed by atoms with E-state index >= 15 is 0 Å². The minimum atomic E-state index is 0.550. The fraction of sp³-hybridized carbons (Fsp3) is 0.100. The Morgan fingerprint density at radius 2 is 2.36 bits per heavy atom. The maximum absolute atomic E-state index is 7.83. The average Bonchev–Trinajstić information content (AvgIpc) is 2.72. The second-order valence-corrected chi connectivity index (χ2v) is 3.78. The molecule has 2 aromatic heterocycles. The van der Waals surface area contributed by atoms with Gasteiger partial charge in [0.15, 0.2) is 0 Å². The molecule has 0 fully saturated rings. The highest BCUT2D eigenvalue weighted by atomic mass is 32.1. The van der Waals surface area contributed by atoms with E-state index in [4.69, 9.17) is 5.41 Å². The number of hydrogen-bond donors (Lipinski definition) is 1. The monoisotopic (exact) mass is 203 g/mol. The Labute approximate surface area is 86.0 Å². The highest BCUT2D eigenvalue weighted by Crippen LogP contribution is 2.11. The molecular formula is C10H9N3S. The Kier molecular flexibility index (Phi) is 2.65. The summed E-state index contributed by atoms with van der Waals surface area (Å²) in [7, 11) is 0. The van der Waals surface area contributed by atoms with E-state index in [9.17, 15) is 0 Å². The van der Waals surface area contributed by atoms with E-state index in [1.807, 2.05) is 17.5 Å². The van der Waals surface area contributed by atoms with Crippen LogP contribution in [0, 0.1) is 5.41 Å². The minimum Gasteiger partial charge on any atom is -0.303 e. The first kappa shape index (κ1) is 9.02. The van der Waals surface area contributed by atoms with Crippen molar-refractivity contribution in [3.05, 3.63) is 46.7 Å². The molecule has 0 atom stereocenters. The molecule has 0 aliphatic carbocycles. The number of nitrogens with one attached hydrogen (secondary N) is 1. The Morgan fingerprint density at radius 3 is 3.00 bits per heavy atom. The first-order valence-electron chi connectivity index (χ1n) is 4.22. The molecule has 2 heterocycles. The van der Waals surface area contributed by atoms with Crippen LogP contribution in [0.5, 0.6) is 0 Å². The molecule has 0 aliphatic rings. The van der Waals surface area contributed by atoms with Gasteiger partial charge in [-0.1, -0.05) is 6.07 Å². The zero-order chi connectivity index (χ0) is 9.80. The quantitative estimate of drug-likeness (QED) is 0.777. The van der Waals surface area contributed by atoms with Crippen molar-refractivity contribution >= 4 is 17.0 Å². The number of hydrogen-bond acceptors (Lipinski definition) is 4. The molecule has 0 saturated carbocycles. The van der Waals surface area contributed by atoms with Crippen LogP contribution in [0.1, 0.15) is 10.6 Å². The molecule has 70 valence electrons. The van der Waals surface area contributed by atoms with E-state index in [2.05, 4.69) is 9.97 Å². The van der Waals surface area contributed by atoms with Crippen molar-refractivity contribution in [2.24, 2.45) is 0 Å². The van der Waals surface area contributed by atoms with Crippen LogP contribution in [-0.2, 0) is 6.42 Å². The van der Waals surface area contributed by atoms with Gasteiger partial charge in [0.05, 0.1) is 11.4 Å². The van der Waals surface area contributed by atoms with Crippen LogP contribution in [-0.4, -0.2) is 15.7 Å². The summed E-state index contributed by atoms with van der Waals surface area (Å²) in [5, 5.41) is 9.80. The molecule has 0 unspecified atom stereocenters. The van der Waals surface area contributed by atoms with Gasteiger partial charge >= 0.3 is 0 Å². The van der Waals surface area contributed by atoms with Crippen LogP contribution in [0.4, 0.5) is 0 Å². The van der Waals surface area contributed by atoms with Crippen molar-refractivity contribution in [3.8, 4) is 0 Å². The Morgan fingerprint density at radius 1 is 1.43 bits per heavy atom. The second-order valence-electron chi connectivity index (χ2n) is 2.83. The molecule has 2 rings (SSSR count). The third kappa shape index (κ3) is 2.03. The number of aromatic nitrogens is 2. The fourth-order valence-corrected chi connectivity index (χ4v) is 1.82. The molecule has 0 amide bonds. The standard InChI is InChI=1S/C10H9N3S/c11-9(10-2-1-5-14-10)6-8-7-12-3-4-13-8/h1-5,7,11H,6H2. The number of thiophene rings is 1. The predicted octanol–water partition coefficient (Wildman–Crippen LogP) is 2.15. The number of nitrogens with zero attached hydrogens (tertiary/aromatic N) is 2. The van der Waals surface area contributed by atoms with Gasteiger partial charge in [-0.3, -0.25) is 9.97 Å². The smallest absolute Gasteiger partial charge is 0.0646 e. The van der Waals surface area contributed by atoms with E-state index in [1.165, 1.54) is 0 Å². The SMILES string of the molecule is N=C(Cc1cnccn1)c1cccs1. The molecular weight excluding hydrogens is 194 g/mol. The van der Waals surface area contributed by atoms with Gasteiger partial charge in [0.2, 0.25) is 0 Å². The second kappa shape index (κ2) is 4.11. The summed E-state index contributed by atoms with van der Waals surface area (Å²) in [5.41, 5.74) is 1.44. The lowest BCUT2D eigenvalue weighted by molar-refractivity contribution is 1.07. The Bertz CT molecular complexity index is 408.